The summed E-state index contributed by atoms with van der Waals surface area (Å²) >= 11 is 4.79. The van der Waals surface area contributed by atoms with Gasteiger partial charge in [0.1, 0.15) is 17.9 Å². The fraction of sp³-hybridized carbons (Fsp3) is 0.308. The maximum Gasteiger partial charge on any atom is 0.165 e. The van der Waals surface area contributed by atoms with E-state index in [1.165, 1.54) is 18.5 Å². The van der Waals surface area contributed by atoms with Crippen LogP contribution >= 0.6 is 12.2 Å². The molecule has 0 amide bonds. The number of hydrogen-bond acceptors (Lipinski definition) is 4. The van der Waals surface area contributed by atoms with Crippen molar-refractivity contribution in [1.82, 2.24) is 14.8 Å². The third-order valence-electron chi connectivity index (χ3n) is 2.71. The normalized spacial score (nSPS) is 10.8. The molecule has 5 nitrogen and oxygen atoms in total. The largest absolute Gasteiger partial charge is 0.483 e. The number of nitrogens with zero attached hydrogens (tertiary/aromatic N) is 3. The summed E-state index contributed by atoms with van der Waals surface area (Å²) in [6, 6.07) is 4.54. The maximum absolute atomic E-state index is 13.8. The predicted molar refractivity (Wildman–Crippen MR) is 77.0 cm³/mol. The van der Waals surface area contributed by atoms with Gasteiger partial charge in [-0.3, -0.25) is 0 Å². The van der Waals surface area contributed by atoms with Gasteiger partial charge in [-0.25, -0.2) is 14.1 Å². The van der Waals surface area contributed by atoms with Crippen LogP contribution in [0.2, 0.25) is 0 Å². The van der Waals surface area contributed by atoms with Crippen LogP contribution in [0, 0.1) is 5.82 Å². The Labute approximate surface area is 121 Å². The second-order valence-electron chi connectivity index (χ2n) is 4.51. The smallest absolute Gasteiger partial charge is 0.165 e. The van der Waals surface area contributed by atoms with Crippen molar-refractivity contribution in [3.05, 3.63) is 41.7 Å². The minimum absolute atomic E-state index is 0.128. The van der Waals surface area contributed by atoms with Crippen LogP contribution in [0.25, 0.3) is 0 Å². The number of halogens is 1. The second-order valence-corrected chi connectivity index (χ2v) is 4.95. The molecule has 0 unspecified atom stereocenters. The average Bonchev–Trinajstić information content (AvgIpc) is 2.85. The Kier molecular flexibility index (Phi) is 4.29. The molecular formula is C13H15FN4OS. The number of hydrogen-bond donors (Lipinski definition) is 1. The molecule has 0 aliphatic rings. The summed E-state index contributed by atoms with van der Waals surface area (Å²) in [6.45, 7) is 4.10. The molecule has 106 valence electrons. The molecule has 1 aromatic carbocycles. The monoisotopic (exact) mass is 294 g/mol. The lowest BCUT2D eigenvalue weighted by molar-refractivity contribution is 0.269. The predicted octanol–water partition coefficient (Wildman–Crippen LogP) is 2.21. The van der Waals surface area contributed by atoms with Gasteiger partial charge >= 0.3 is 0 Å². The van der Waals surface area contributed by atoms with Crippen molar-refractivity contribution in [3.8, 4) is 5.75 Å². The minimum Gasteiger partial charge on any atom is -0.483 e. The highest BCUT2D eigenvalue weighted by molar-refractivity contribution is 7.80. The zero-order valence-corrected chi connectivity index (χ0v) is 12.0. The second kappa shape index (κ2) is 5.96. The summed E-state index contributed by atoms with van der Waals surface area (Å²) in [5.41, 5.74) is 5.91. The van der Waals surface area contributed by atoms with Crippen LogP contribution in [0.1, 0.15) is 31.3 Å². The van der Waals surface area contributed by atoms with Crippen molar-refractivity contribution in [1.29, 1.82) is 0 Å². The van der Waals surface area contributed by atoms with Gasteiger partial charge in [0.05, 0.1) is 0 Å². The van der Waals surface area contributed by atoms with E-state index < -0.39 is 5.82 Å². The zero-order valence-electron chi connectivity index (χ0n) is 11.2. The van der Waals surface area contributed by atoms with E-state index in [1.807, 2.05) is 13.8 Å². The van der Waals surface area contributed by atoms with Crippen molar-refractivity contribution in [3.63, 3.8) is 0 Å². The molecule has 1 heterocycles. The highest BCUT2D eigenvalue weighted by atomic mass is 32.1. The summed E-state index contributed by atoms with van der Waals surface area (Å²) in [7, 11) is 0. The van der Waals surface area contributed by atoms with Gasteiger partial charge in [-0.05, 0) is 32.0 Å². The molecule has 0 atom stereocenters. The Balaban J connectivity index is 2.11. The SMILES string of the molecule is CC(C)n1ncnc1COc1ccc(C(N)=S)cc1F. The highest BCUT2D eigenvalue weighted by Crippen LogP contribution is 2.19. The lowest BCUT2D eigenvalue weighted by Crippen LogP contribution is -2.12. The molecule has 0 saturated carbocycles. The number of rotatable bonds is 5. The van der Waals surface area contributed by atoms with E-state index in [1.54, 1.807) is 10.7 Å². The highest BCUT2D eigenvalue weighted by Gasteiger charge is 2.11. The summed E-state index contributed by atoms with van der Waals surface area (Å²) in [4.78, 5) is 4.24. The fourth-order valence-corrected chi connectivity index (χ4v) is 1.85. The Morgan fingerprint density at radius 1 is 1.50 bits per heavy atom. The van der Waals surface area contributed by atoms with Crippen LogP contribution in [0.4, 0.5) is 4.39 Å². The Hall–Kier alpha value is -2.02. The molecule has 2 N–H and O–H groups in total. The van der Waals surface area contributed by atoms with E-state index in [-0.39, 0.29) is 23.4 Å². The first-order valence-electron chi connectivity index (χ1n) is 6.09. The Bertz CT molecular complexity index is 627. The minimum atomic E-state index is -0.508. The number of ether oxygens (including phenoxy) is 1. The van der Waals surface area contributed by atoms with Crippen LogP contribution < -0.4 is 10.5 Å². The number of benzene rings is 1. The van der Waals surface area contributed by atoms with E-state index in [2.05, 4.69) is 10.1 Å². The van der Waals surface area contributed by atoms with Gasteiger partial charge in [0.25, 0.3) is 0 Å². The van der Waals surface area contributed by atoms with Gasteiger partial charge in [0, 0.05) is 11.6 Å². The van der Waals surface area contributed by atoms with E-state index in [0.717, 1.165) is 0 Å². The fourth-order valence-electron chi connectivity index (χ4n) is 1.72. The first-order valence-corrected chi connectivity index (χ1v) is 6.50. The van der Waals surface area contributed by atoms with Gasteiger partial charge in [0.2, 0.25) is 0 Å². The van der Waals surface area contributed by atoms with E-state index in [9.17, 15) is 4.39 Å². The first kappa shape index (κ1) is 14.4. The Morgan fingerprint density at radius 2 is 2.25 bits per heavy atom. The molecule has 20 heavy (non-hydrogen) atoms. The van der Waals surface area contributed by atoms with Crippen LogP contribution in [0.3, 0.4) is 0 Å². The molecule has 0 radical (unpaired) electrons. The molecule has 2 aromatic rings. The number of nitrogens with two attached hydrogens (primary N) is 1. The van der Waals surface area contributed by atoms with Crippen LogP contribution in [-0.2, 0) is 6.61 Å². The van der Waals surface area contributed by atoms with Gasteiger partial charge < -0.3 is 10.5 Å². The van der Waals surface area contributed by atoms with Crippen molar-refractivity contribution in [2.24, 2.45) is 5.73 Å². The molecular weight excluding hydrogens is 279 g/mol. The van der Waals surface area contributed by atoms with Crippen LogP contribution in [0.5, 0.6) is 5.75 Å². The van der Waals surface area contributed by atoms with E-state index >= 15 is 0 Å². The molecule has 0 saturated heterocycles. The van der Waals surface area contributed by atoms with Crippen molar-refractivity contribution >= 4 is 17.2 Å². The standard InChI is InChI=1S/C13H15FN4OS/c1-8(2)18-12(16-7-17-18)6-19-11-4-3-9(13(15)20)5-10(11)14/h3-5,7-8H,6H2,1-2H3,(H2,15,20). The van der Waals surface area contributed by atoms with Crippen LogP contribution in [0.15, 0.2) is 24.5 Å². The molecule has 7 heteroatoms. The van der Waals surface area contributed by atoms with E-state index in [4.69, 9.17) is 22.7 Å². The molecule has 0 spiro atoms. The summed E-state index contributed by atoms with van der Waals surface area (Å²) < 4.78 is 21.0. The van der Waals surface area contributed by atoms with Gasteiger partial charge in [-0.1, -0.05) is 12.2 Å². The number of aromatic nitrogens is 3. The third-order valence-corrected chi connectivity index (χ3v) is 2.95. The van der Waals surface area contributed by atoms with Gasteiger partial charge in [0.15, 0.2) is 17.4 Å². The van der Waals surface area contributed by atoms with Crippen molar-refractivity contribution in [2.75, 3.05) is 0 Å². The van der Waals surface area contributed by atoms with Gasteiger partial charge in [-0.15, -0.1) is 0 Å². The third kappa shape index (κ3) is 3.11. The lowest BCUT2D eigenvalue weighted by atomic mass is 10.2. The maximum atomic E-state index is 13.8. The molecule has 0 aliphatic carbocycles. The topological polar surface area (TPSA) is 66.0 Å². The first-order chi connectivity index (χ1) is 9.49. The molecule has 0 fully saturated rings. The van der Waals surface area contributed by atoms with Crippen molar-refractivity contribution < 1.29 is 9.13 Å². The summed E-state index contributed by atoms with van der Waals surface area (Å²) in [5, 5.41) is 4.09. The quantitative estimate of drug-likeness (QED) is 0.856. The molecule has 0 bridgehead atoms. The van der Waals surface area contributed by atoms with E-state index in [0.29, 0.717) is 11.4 Å². The molecule has 2 rings (SSSR count). The number of thiocarbonyl (C=S) groups is 1. The molecule has 1 aromatic heterocycles. The van der Waals surface area contributed by atoms with Crippen molar-refractivity contribution in [2.45, 2.75) is 26.5 Å². The molecule has 0 aliphatic heterocycles. The van der Waals surface area contributed by atoms with Crippen LogP contribution in [-0.4, -0.2) is 19.8 Å². The Morgan fingerprint density at radius 3 is 2.85 bits per heavy atom. The van der Waals surface area contributed by atoms with Gasteiger partial charge in [-0.2, -0.15) is 5.10 Å². The summed E-state index contributed by atoms with van der Waals surface area (Å²) in [6.07, 6.45) is 1.45. The zero-order chi connectivity index (χ0) is 14.7. The summed E-state index contributed by atoms with van der Waals surface area (Å²) in [5.74, 6) is 0.257. The lowest BCUT2D eigenvalue weighted by Gasteiger charge is -2.11. The average molecular weight is 294 g/mol.